The van der Waals surface area contributed by atoms with Gasteiger partial charge < -0.3 is 14.2 Å². The molecular formula is C9H16O4. The second-order valence-electron chi connectivity index (χ2n) is 3.46. The van der Waals surface area contributed by atoms with E-state index < -0.39 is 5.79 Å². The van der Waals surface area contributed by atoms with Gasteiger partial charge in [-0.3, -0.25) is 4.79 Å². The van der Waals surface area contributed by atoms with E-state index in [9.17, 15) is 4.79 Å². The summed E-state index contributed by atoms with van der Waals surface area (Å²) in [7, 11) is 0. The predicted molar refractivity (Wildman–Crippen MR) is 46.2 cm³/mol. The van der Waals surface area contributed by atoms with E-state index in [0.717, 1.165) is 0 Å². The van der Waals surface area contributed by atoms with E-state index in [1.807, 2.05) is 13.8 Å². The van der Waals surface area contributed by atoms with Gasteiger partial charge >= 0.3 is 5.97 Å². The van der Waals surface area contributed by atoms with Crippen molar-refractivity contribution in [2.75, 3.05) is 13.2 Å². The zero-order valence-electron chi connectivity index (χ0n) is 8.33. The number of hydrogen-bond donors (Lipinski definition) is 0. The fourth-order valence-corrected chi connectivity index (χ4v) is 1.27. The van der Waals surface area contributed by atoms with Crippen LogP contribution in [0.25, 0.3) is 0 Å². The Bertz CT molecular complexity index is 188. The highest BCUT2D eigenvalue weighted by atomic mass is 16.7. The standard InChI is InChI=1S/C9H16O4/c1-4-11-8(10)5-7-6-12-9(2,3)13-7/h7H,4-6H2,1-3H3. The van der Waals surface area contributed by atoms with Gasteiger partial charge in [0.1, 0.15) is 0 Å². The average Bonchev–Trinajstić information content (AvgIpc) is 2.30. The maximum atomic E-state index is 11.1. The predicted octanol–water partition coefficient (Wildman–Crippen LogP) is 1.09. The molecule has 1 atom stereocenters. The normalized spacial score (nSPS) is 25.9. The molecule has 13 heavy (non-hydrogen) atoms. The molecule has 1 aliphatic heterocycles. The Hall–Kier alpha value is -0.610. The van der Waals surface area contributed by atoms with Crippen molar-refractivity contribution in [2.24, 2.45) is 0 Å². The lowest BCUT2D eigenvalue weighted by atomic mass is 10.3. The van der Waals surface area contributed by atoms with Crippen molar-refractivity contribution >= 4 is 5.97 Å². The highest BCUT2D eigenvalue weighted by Crippen LogP contribution is 2.24. The van der Waals surface area contributed by atoms with Crippen molar-refractivity contribution < 1.29 is 19.0 Å². The minimum atomic E-state index is -0.558. The first-order valence-electron chi connectivity index (χ1n) is 4.51. The molecule has 4 heteroatoms. The first kappa shape index (κ1) is 10.5. The Morgan fingerprint density at radius 2 is 2.31 bits per heavy atom. The summed E-state index contributed by atoms with van der Waals surface area (Å²) in [6, 6.07) is 0. The molecule has 1 fully saturated rings. The van der Waals surface area contributed by atoms with Crippen LogP contribution in [-0.4, -0.2) is 31.1 Å². The molecule has 0 N–H and O–H groups in total. The summed E-state index contributed by atoms with van der Waals surface area (Å²) in [6.45, 7) is 6.33. The molecule has 76 valence electrons. The van der Waals surface area contributed by atoms with E-state index in [1.54, 1.807) is 6.92 Å². The monoisotopic (exact) mass is 188 g/mol. The number of rotatable bonds is 3. The van der Waals surface area contributed by atoms with Gasteiger partial charge in [-0.25, -0.2) is 0 Å². The summed E-state index contributed by atoms with van der Waals surface area (Å²) < 4.78 is 15.5. The zero-order valence-corrected chi connectivity index (χ0v) is 8.33. The summed E-state index contributed by atoms with van der Waals surface area (Å²) in [5.74, 6) is -0.786. The number of carbonyl (C=O) groups is 1. The highest BCUT2D eigenvalue weighted by molar-refractivity contribution is 5.69. The van der Waals surface area contributed by atoms with Crippen LogP contribution >= 0.6 is 0 Å². The summed E-state index contributed by atoms with van der Waals surface area (Å²) in [6.07, 6.45) is 0.117. The molecule has 0 aromatic rings. The lowest BCUT2D eigenvalue weighted by molar-refractivity contribution is -0.153. The Kier molecular flexibility index (Phi) is 3.27. The fraction of sp³-hybridized carbons (Fsp3) is 0.889. The summed E-state index contributed by atoms with van der Waals surface area (Å²) >= 11 is 0. The van der Waals surface area contributed by atoms with Crippen LogP contribution in [0.2, 0.25) is 0 Å². The zero-order chi connectivity index (χ0) is 9.90. The Morgan fingerprint density at radius 1 is 1.62 bits per heavy atom. The minimum absolute atomic E-state index is 0.158. The smallest absolute Gasteiger partial charge is 0.308 e. The number of carbonyl (C=O) groups excluding carboxylic acids is 1. The van der Waals surface area contributed by atoms with E-state index in [0.29, 0.717) is 13.2 Å². The molecule has 0 radical (unpaired) electrons. The van der Waals surface area contributed by atoms with Crippen LogP contribution in [0, 0.1) is 0 Å². The second-order valence-corrected chi connectivity index (χ2v) is 3.46. The maximum absolute atomic E-state index is 11.1. The van der Waals surface area contributed by atoms with Crippen LogP contribution in [0.15, 0.2) is 0 Å². The van der Waals surface area contributed by atoms with Crippen molar-refractivity contribution in [1.82, 2.24) is 0 Å². The minimum Gasteiger partial charge on any atom is -0.466 e. The summed E-state index contributed by atoms with van der Waals surface area (Å²) in [5.41, 5.74) is 0. The van der Waals surface area contributed by atoms with Gasteiger partial charge in [-0.2, -0.15) is 0 Å². The van der Waals surface area contributed by atoms with Crippen LogP contribution in [-0.2, 0) is 19.0 Å². The van der Waals surface area contributed by atoms with Crippen molar-refractivity contribution in [3.63, 3.8) is 0 Å². The Morgan fingerprint density at radius 3 is 2.77 bits per heavy atom. The van der Waals surface area contributed by atoms with Crippen molar-refractivity contribution in [1.29, 1.82) is 0 Å². The third-order valence-electron chi connectivity index (χ3n) is 1.77. The number of ether oxygens (including phenoxy) is 3. The SMILES string of the molecule is CCOC(=O)CC1COC(C)(C)O1. The molecule has 0 amide bonds. The van der Waals surface area contributed by atoms with Gasteiger partial charge in [0, 0.05) is 0 Å². The van der Waals surface area contributed by atoms with Crippen LogP contribution in [0.4, 0.5) is 0 Å². The molecule has 1 heterocycles. The van der Waals surface area contributed by atoms with Crippen LogP contribution in [0.3, 0.4) is 0 Å². The molecule has 0 spiro atoms. The van der Waals surface area contributed by atoms with Crippen molar-refractivity contribution in [3.05, 3.63) is 0 Å². The topological polar surface area (TPSA) is 44.8 Å². The van der Waals surface area contributed by atoms with E-state index in [4.69, 9.17) is 14.2 Å². The van der Waals surface area contributed by atoms with Gasteiger partial charge in [-0.1, -0.05) is 0 Å². The molecule has 1 saturated heterocycles. The van der Waals surface area contributed by atoms with E-state index >= 15 is 0 Å². The second kappa shape index (κ2) is 4.07. The maximum Gasteiger partial charge on any atom is 0.308 e. The van der Waals surface area contributed by atoms with Crippen molar-refractivity contribution in [3.8, 4) is 0 Å². The first-order valence-corrected chi connectivity index (χ1v) is 4.51. The van der Waals surface area contributed by atoms with Crippen molar-refractivity contribution in [2.45, 2.75) is 39.1 Å². The number of esters is 1. The lowest BCUT2D eigenvalue weighted by Crippen LogP contribution is -2.23. The quantitative estimate of drug-likeness (QED) is 0.622. The lowest BCUT2D eigenvalue weighted by Gasteiger charge is -2.16. The van der Waals surface area contributed by atoms with Crippen LogP contribution < -0.4 is 0 Å². The fourth-order valence-electron chi connectivity index (χ4n) is 1.27. The van der Waals surface area contributed by atoms with Crippen LogP contribution in [0.5, 0.6) is 0 Å². The van der Waals surface area contributed by atoms with Gasteiger partial charge in [0.25, 0.3) is 0 Å². The van der Waals surface area contributed by atoms with Gasteiger partial charge in [-0.15, -0.1) is 0 Å². The van der Waals surface area contributed by atoms with Crippen LogP contribution in [0.1, 0.15) is 27.2 Å². The van der Waals surface area contributed by atoms with Gasteiger partial charge in [0.05, 0.1) is 25.7 Å². The molecule has 0 aliphatic carbocycles. The summed E-state index contributed by atoms with van der Waals surface area (Å²) in [4.78, 5) is 11.1. The molecule has 4 nitrogen and oxygen atoms in total. The largest absolute Gasteiger partial charge is 0.466 e. The number of hydrogen-bond acceptors (Lipinski definition) is 4. The molecule has 1 rings (SSSR count). The third kappa shape index (κ3) is 3.32. The molecule has 0 aromatic heterocycles. The third-order valence-corrected chi connectivity index (χ3v) is 1.77. The molecule has 1 unspecified atom stereocenters. The van der Waals surface area contributed by atoms with E-state index in [-0.39, 0.29) is 18.5 Å². The van der Waals surface area contributed by atoms with E-state index in [1.165, 1.54) is 0 Å². The van der Waals surface area contributed by atoms with Gasteiger partial charge in [0.15, 0.2) is 5.79 Å². The first-order chi connectivity index (χ1) is 6.03. The highest BCUT2D eigenvalue weighted by Gasteiger charge is 2.33. The van der Waals surface area contributed by atoms with Gasteiger partial charge in [-0.05, 0) is 20.8 Å². The molecule has 0 bridgehead atoms. The molecule has 0 saturated carbocycles. The van der Waals surface area contributed by atoms with E-state index in [2.05, 4.69) is 0 Å². The Balaban J connectivity index is 2.28. The molecule has 1 aliphatic rings. The summed E-state index contributed by atoms with van der Waals surface area (Å²) in [5, 5.41) is 0. The molecular weight excluding hydrogens is 172 g/mol. The Labute approximate surface area is 78.2 Å². The van der Waals surface area contributed by atoms with Gasteiger partial charge in [0.2, 0.25) is 0 Å². The molecule has 0 aromatic carbocycles. The average molecular weight is 188 g/mol.